The molecule has 3 nitrogen and oxygen atoms in total. The maximum Gasteiger partial charge on any atom is 0.333 e. The fourth-order valence-electron chi connectivity index (χ4n) is 0.526. The lowest BCUT2D eigenvalue weighted by Gasteiger charge is -2.03. The van der Waals surface area contributed by atoms with Gasteiger partial charge in [-0.05, 0) is 18.4 Å². The van der Waals surface area contributed by atoms with Gasteiger partial charge in [-0.1, -0.05) is 0 Å². The van der Waals surface area contributed by atoms with Crippen molar-refractivity contribution in [3.63, 3.8) is 0 Å². The number of allylic oxidation sites excluding steroid dienone is 2. The molecule has 1 aliphatic heterocycles. The molecular formula is C6H6NO2. The van der Waals surface area contributed by atoms with Gasteiger partial charge in [0.25, 0.3) is 0 Å². The lowest BCUT2D eigenvalue weighted by Crippen LogP contribution is -2.12. The van der Waals surface area contributed by atoms with Crippen LogP contribution in [0.2, 0.25) is 0 Å². The van der Waals surface area contributed by atoms with Crippen LogP contribution < -0.4 is 5.32 Å². The predicted molar refractivity (Wildman–Crippen MR) is 32.3 cm³/mol. The number of carboxylic acids is 1. The quantitative estimate of drug-likeness (QED) is 0.527. The van der Waals surface area contributed by atoms with Crippen LogP contribution in [0.5, 0.6) is 0 Å². The summed E-state index contributed by atoms with van der Waals surface area (Å²) in [6.07, 6.45) is 4.83. The van der Waals surface area contributed by atoms with Crippen molar-refractivity contribution in [1.29, 1.82) is 0 Å². The molecule has 0 aromatic heterocycles. The first-order chi connectivity index (χ1) is 4.30. The highest BCUT2D eigenvalue weighted by molar-refractivity contribution is 5.89. The third kappa shape index (κ3) is 1.32. The lowest BCUT2D eigenvalue weighted by molar-refractivity contribution is -0.132. The summed E-state index contributed by atoms with van der Waals surface area (Å²) in [7, 11) is 0. The molecule has 0 saturated carbocycles. The number of nitrogens with one attached hydrogen (secondary N) is 1. The van der Waals surface area contributed by atoms with Crippen molar-refractivity contribution in [3.05, 3.63) is 30.5 Å². The number of dihydropyridines is 1. The molecule has 0 atom stereocenters. The molecule has 0 amide bonds. The second-order valence-corrected chi connectivity index (χ2v) is 1.60. The van der Waals surface area contributed by atoms with E-state index in [0.29, 0.717) is 0 Å². The van der Waals surface area contributed by atoms with Crippen LogP contribution in [0.1, 0.15) is 0 Å². The van der Waals surface area contributed by atoms with Crippen LogP contribution in [0.3, 0.4) is 0 Å². The molecule has 1 rings (SSSR count). The molecule has 0 spiro atoms. The van der Waals surface area contributed by atoms with Crippen molar-refractivity contribution >= 4 is 5.97 Å². The molecular weight excluding hydrogens is 118 g/mol. The average molecular weight is 124 g/mol. The molecule has 47 valence electrons. The highest BCUT2D eigenvalue weighted by atomic mass is 16.4. The van der Waals surface area contributed by atoms with Crippen molar-refractivity contribution in [2.45, 2.75) is 0 Å². The zero-order valence-corrected chi connectivity index (χ0v) is 4.66. The van der Waals surface area contributed by atoms with E-state index in [0.717, 1.165) is 0 Å². The summed E-state index contributed by atoms with van der Waals surface area (Å²) in [6, 6.07) is 0. The van der Waals surface area contributed by atoms with Crippen molar-refractivity contribution in [2.75, 3.05) is 0 Å². The number of hydrogen-bond donors (Lipinski definition) is 2. The van der Waals surface area contributed by atoms with Crippen LogP contribution in [0.4, 0.5) is 0 Å². The number of carbonyl (C=O) groups is 1. The van der Waals surface area contributed by atoms with Crippen molar-refractivity contribution in [2.24, 2.45) is 0 Å². The zero-order chi connectivity index (χ0) is 6.69. The van der Waals surface area contributed by atoms with Gasteiger partial charge in [-0.3, -0.25) is 0 Å². The molecule has 0 bridgehead atoms. The summed E-state index contributed by atoms with van der Waals surface area (Å²) < 4.78 is 0. The molecule has 1 heterocycles. The van der Waals surface area contributed by atoms with Gasteiger partial charge >= 0.3 is 5.97 Å². The smallest absolute Gasteiger partial charge is 0.333 e. The van der Waals surface area contributed by atoms with Crippen LogP contribution in [0.25, 0.3) is 0 Å². The molecule has 1 aliphatic rings. The first-order valence-corrected chi connectivity index (χ1v) is 2.50. The first-order valence-electron chi connectivity index (χ1n) is 2.50. The molecule has 3 heteroatoms. The summed E-state index contributed by atoms with van der Waals surface area (Å²) in [6.45, 7) is 1.43. The number of rotatable bonds is 1. The highest BCUT2D eigenvalue weighted by Crippen LogP contribution is 2.01. The van der Waals surface area contributed by atoms with Gasteiger partial charge in [0.1, 0.15) is 0 Å². The molecule has 9 heavy (non-hydrogen) atoms. The highest BCUT2D eigenvalue weighted by Gasteiger charge is 2.06. The maximum atomic E-state index is 10.2. The van der Waals surface area contributed by atoms with Crippen LogP contribution in [-0.4, -0.2) is 11.1 Å². The molecule has 0 fully saturated rings. The Hall–Kier alpha value is -1.25. The standard InChI is InChI=1S/C6H6NO2/c8-6(9)5-2-1-3-7-4-5/h1-4,7H,(H,8,9). The van der Waals surface area contributed by atoms with E-state index in [1.807, 2.05) is 0 Å². The third-order valence-electron chi connectivity index (χ3n) is 0.954. The third-order valence-corrected chi connectivity index (χ3v) is 0.954. The van der Waals surface area contributed by atoms with Crippen molar-refractivity contribution in [1.82, 2.24) is 5.32 Å². The van der Waals surface area contributed by atoms with E-state index in [1.165, 1.54) is 12.6 Å². The fourth-order valence-corrected chi connectivity index (χ4v) is 0.526. The van der Waals surface area contributed by atoms with Crippen LogP contribution in [-0.2, 0) is 4.79 Å². The Kier molecular flexibility index (Phi) is 1.53. The molecule has 2 N–H and O–H groups in total. The van der Waals surface area contributed by atoms with Gasteiger partial charge in [-0.2, -0.15) is 0 Å². The second-order valence-electron chi connectivity index (χ2n) is 1.60. The van der Waals surface area contributed by atoms with Gasteiger partial charge in [0, 0.05) is 0 Å². The Balaban J connectivity index is 2.68. The van der Waals surface area contributed by atoms with Crippen LogP contribution in [0, 0.1) is 6.54 Å². The summed E-state index contributed by atoms with van der Waals surface area (Å²) in [4.78, 5) is 10.2. The second kappa shape index (κ2) is 2.35. The van der Waals surface area contributed by atoms with Gasteiger partial charge < -0.3 is 10.4 Å². The minimum Gasteiger partial charge on any atom is -0.478 e. The van der Waals surface area contributed by atoms with Gasteiger partial charge in [0.15, 0.2) is 0 Å². The van der Waals surface area contributed by atoms with Gasteiger partial charge in [-0.25, -0.2) is 4.79 Å². The van der Waals surface area contributed by atoms with Crippen molar-refractivity contribution in [3.8, 4) is 0 Å². The Morgan fingerprint density at radius 3 is 2.78 bits per heavy atom. The Labute approximate surface area is 52.7 Å². The van der Waals surface area contributed by atoms with E-state index in [1.54, 1.807) is 12.3 Å². The average Bonchev–Trinajstić information content (AvgIpc) is 1.90. The molecule has 0 aromatic carbocycles. The largest absolute Gasteiger partial charge is 0.478 e. The molecule has 0 aliphatic carbocycles. The Morgan fingerprint density at radius 2 is 2.44 bits per heavy atom. The number of hydrogen-bond acceptors (Lipinski definition) is 2. The predicted octanol–water partition coefficient (Wildman–Crippen LogP) is 0.276. The van der Waals surface area contributed by atoms with E-state index in [9.17, 15) is 4.79 Å². The van der Waals surface area contributed by atoms with Gasteiger partial charge in [0.2, 0.25) is 0 Å². The zero-order valence-electron chi connectivity index (χ0n) is 4.66. The number of carboxylic acid groups (broad SMARTS) is 1. The first kappa shape index (κ1) is 5.88. The van der Waals surface area contributed by atoms with E-state index < -0.39 is 5.97 Å². The lowest BCUT2D eigenvalue weighted by atomic mass is 10.2. The molecule has 0 aromatic rings. The topological polar surface area (TPSA) is 49.3 Å². The van der Waals surface area contributed by atoms with Gasteiger partial charge in [-0.15, -0.1) is 0 Å². The van der Waals surface area contributed by atoms with E-state index in [2.05, 4.69) is 5.32 Å². The van der Waals surface area contributed by atoms with Gasteiger partial charge in [0.05, 0.1) is 12.1 Å². The summed E-state index contributed by atoms with van der Waals surface area (Å²) in [5.74, 6) is -0.910. The normalized spacial score (nSPS) is 16.2. The molecule has 0 unspecified atom stereocenters. The minimum atomic E-state index is -0.910. The summed E-state index contributed by atoms with van der Waals surface area (Å²) in [5, 5.41) is 11.0. The van der Waals surface area contributed by atoms with Crippen molar-refractivity contribution < 1.29 is 9.90 Å². The SMILES string of the molecule is O=C(O)C1=CC=CN[CH]1. The minimum absolute atomic E-state index is 0.275. The Morgan fingerprint density at radius 1 is 1.67 bits per heavy atom. The summed E-state index contributed by atoms with van der Waals surface area (Å²) >= 11 is 0. The fraction of sp³-hybridized carbons (Fsp3) is 0. The maximum absolute atomic E-state index is 10.2. The number of aliphatic carboxylic acids is 1. The summed E-state index contributed by atoms with van der Waals surface area (Å²) in [5.41, 5.74) is 0.275. The monoisotopic (exact) mass is 124 g/mol. The molecule has 0 saturated heterocycles. The van der Waals surface area contributed by atoms with E-state index in [4.69, 9.17) is 5.11 Å². The Bertz CT molecular complexity index is 181. The van der Waals surface area contributed by atoms with Crippen LogP contribution >= 0.6 is 0 Å². The van der Waals surface area contributed by atoms with E-state index >= 15 is 0 Å². The molecule has 1 radical (unpaired) electrons. The van der Waals surface area contributed by atoms with E-state index in [-0.39, 0.29) is 5.57 Å². The van der Waals surface area contributed by atoms with Crippen LogP contribution in [0.15, 0.2) is 23.9 Å².